The van der Waals surface area contributed by atoms with Crippen LogP contribution in [-0.4, -0.2) is 45.9 Å². The van der Waals surface area contributed by atoms with Gasteiger partial charge in [0.1, 0.15) is 0 Å². The van der Waals surface area contributed by atoms with Crippen molar-refractivity contribution in [2.75, 3.05) is 18.4 Å². The molecule has 1 aliphatic carbocycles. The van der Waals surface area contributed by atoms with E-state index in [1.165, 1.54) is 0 Å². The number of nitrogens with one attached hydrogen (secondary N) is 1. The number of carbonyl (C=O) groups excluding carboxylic acids is 1. The number of likely N-dealkylation sites (N-methyl/N-ethyl adjacent to an activating group) is 1. The van der Waals surface area contributed by atoms with Crippen molar-refractivity contribution < 1.29 is 4.79 Å². The Labute approximate surface area is 119 Å². The van der Waals surface area contributed by atoms with Crippen molar-refractivity contribution in [2.24, 2.45) is 5.73 Å². The Balaban J connectivity index is 1.85. The van der Waals surface area contributed by atoms with Crippen LogP contribution < -0.4 is 11.1 Å². The number of hydrogen-bond acceptors (Lipinski definition) is 5. The second-order valence-electron chi connectivity index (χ2n) is 5.25. The molecule has 6 heteroatoms. The van der Waals surface area contributed by atoms with Gasteiger partial charge in [-0.2, -0.15) is 0 Å². The first-order valence-electron chi connectivity index (χ1n) is 7.25. The molecule has 6 nitrogen and oxygen atoms in total. The molecule has 0 unspecified atom stereocenters. The van der Waals surface area contributed by atoms with Crippen LogP contribution in [-0.2, 0) is 4.79 Å². The summed E-state index contributed by atoms with van der Waals surface area (Å²) in [7, 11) is 0. The maximum absolute atomic E-state index is 12.0. The Kier molecular flexibility index (Phi) is 5.43. The third kappa shape index (κ3) is 4.25. The van der Waals surface area contributed by atoms with E-state index in [0.717, 1.165) is 32.2 Å². The number of rotatable bonds is 5. The lowest BCUT2D eigenvalue weighted by atomic mass is 9.91. The van der Waals surface area contributed by atoms with Crippen LogP contribution >= 0.6 is 0 Å². The fraction of sp³-hybridized carbons (Fsp3) is 0.643. The Morgan fingerprint density at radius 2 is 2.00 bits per heavy atom. The molecular weight excluding hydrogens is 254 g/mol. The number of aromatic nitrogens is 2. The summed E-state index contributed by atoms with van der Waals surface area (Å²) in [5.74, 6) is 0.298. The summed E-state index contributed by atoms with van der Waals surface area (Å²) in [6, 6.07) is 2.51. The van der Waals surface area contributed by atoms with E-state index in [-0.39, 0.29) is 5.91 Å². The molecule has 0 spiro atoms. The molecular formula is C14H23N5O. The predicted octanol–water partition coefficient (Wildman–Crippen LogP) is 1.01. The van der Waals surface area contributed by atoms with E-state index >= 15 is 0 Å². The summed E-state index contributed by atoms with van der Waals surface area (Å²) in [5.41, 5.74) is 5.93. The number of anilines is 1. The Bertz CT molecular complexity index is 417. The molecule has 1 saturated carbocycles. The SMILES string of the molecule is CCN(CC(=O)Nc1ncccn1)C1CCC(N)CC1. The van der Waals surface area contributed by atoms with Crippen molar-refractivity contribution >= 4 is 11.9 Å². The monoisotopic (exact) mass is 277 g/mol. The number of hydrogen-bond donors (Lipinski definition) is 2. The van der Waals surface area contributed by atoms with Crippen LogP contribution in [0.4, 0.5) is 5.95 Å². The zero-order valence-corrected chi connectivity index (χ0v) is 12.0. The highest BCUT2D eigenvalue weighted by molar-refractivity contribution is 5.90. The van der Waals surface area contributed by atoms with E-state index in [4.69, 9.17) is 5.73 Å². The molecule has 0 saturated heterocycles. The second-order valence-corrected chi connectivity index (χ2v) is 5.25. The fourth-order valence-corrected chi connectivity index (χ4v) is 2.68. The molecule has 0 bridgehead atoms. The lowest BCUT2D eigenvalue weighted by molar-refractivity contribution is -0.118. The normalized spacial score (nSPS) is 22.8. The van der Waals surface area contributed by atoms with Crippen molar-refractivity contribution in [3.05, 3.63) is 18.5 Å². The maximum atomic E-state index is 12.0. The van der Waals surface area contributed by atoms with Gasteiger partial charge in [0, 0.05) is 24.5 Å². The topological polar surface area (TPSA) is 84.1 Å². The first-order valence-corrected chi connectivity index (χ1v) is 7.25. The van der Waals surface area contributed by atoms with Crippen LogP contribution in [0.2, 0.25) is 0 Å². The van der Waals surface area contributed by atoms with Gasteiger partial charge in [-0.1, -0.05) is 6.92 Å². The third-order valence-electron chi connectivity index (χ3n) is 3.83. The summed E-state index contributed by atoms with van der Waals surface area (Å²) < 4.78 is 0. The van der Waals surface area contributed by atoms with Gasteiger partial charge >= 0.3 is 0 Å². The van der Waals surface area contributed by atoms with Gasteiger partial charge in [-0.05, 0) is 38.3 Å². The molecule has 1 aromatic heterocycles. The van der Waals surface area contributed by atoms with Gasteiger partial charge < -0.3 is 5.73 Å². The molecule has 2 rings (SSSR count). The lowest BCUT2D eigenvalue weighted by Crippen LogP contribution is -2.44. The van der Waals surface area contributed by atoms with E-state index in [9.17, 15) is 4.79 Å². The van der Waals surface area contributed by atoms with Crippen molar-refractivity contribution in [3.8, 4) is 0 Å². The van der Waals surface area contributed by atoms with E-state index in [1.807, 2.05) is 0 Å². The third-order valence-corrected chi connectivity index (χ3v) is 3.83. The predicted molar refractivity (Wildman–Crippen MR) is 78.1 cm³/mol. The number of nitrogens with two attached hydrogens (primary N) is 1. The largest absolute Gasteiger partial charge is 0.328 e. The zero-order valence-electron chi connectivity index (χ0n) is 12.0. The molecule has 1 aromatic rings. The van der Waals surface area contributed by atoms with E-state index in [1.54, 1.807) is 18.5 Å². The second kappa shape index (κ2) is 7.31. The molecule has 110 valence electrons. The lowest BCUT2D eigenvalue weighted by Gasteiger charge is -2.34. The van der Waals surface area contributed by atoms with Crippen LogP contribution in [0.15, 0.2) is 18.5 Å². The highest BCUT2D eigenvalue weighted by Gasteiger charge is 2.24. The van der Waals surface area contributed by atoms with Crippen LogP contribution in [0.3, 0.4) is 0 Å². The van der Waals surface area contributed by atoms with Crippen molar-refractivity contribution in [1.29, 1.82) is 0 Å². The molecule has 0 aromatic carbocycles. The quantitative estimate of drug-likeness (QED) is 0.839. The minimum Gasteiger partial charge on any atom is -0.328 e. The fourth-order valence-electron chi connectivity index (χ4n) is 2.68. The summed E-state index contributed by atoms with van der Waals surface area (Å²) in [5, 5.41) is 2.73. The molecule has 3 N–H and O–H groups in total. The smallest absolute Gasteiger partial charge is 0.240 e. The Morgan fingerprint density at radius 1 is 1.35 bits per heavy atom. The average molecular weight is 277 g/mol. The summed E-state index contributed by atoms with van der Waals surface area (Å²) in [6.45, 7) is 3.33. The highest BCUT2D eigenvalue weighted by atomic mass is 16.2. The molecule has 1 heterocycles. The van der Waals surface area contributed by atoms with Crippen molar-refractivity contribution in [3.63, 3.8) is 0 Å². The van der Waals surface area contributed by atoms with E-state index in [0.29, 0.717) is 24.6 Å². The Morgan fingerprint density at radius 3 is 2.60 bits per heavy atom. The molecule has 1 aliphatic rings. The van der Waals surface area contributed by atoms with Crippen LogP contribution in [0, 0.1) is 0 Å². The van der Waals surface area contributed by atoms with Crippen LogP contribution in [0.1, 0.15) is 32.6 Å². The van der Waals surface area contributed by atoms with Gasteiger partial charge in [-0.15, -0.1) is 0 Å². The summed E-state index contributed by atoms with van der Waals surface area (Å²) in [4.78, 5) is 22.2. The maximum Gasteiger partial charge on any atom is 0.240 e. The van der Waals surface area contributed by atoms with E-state index in [2.05, 4.69) is 27.1 Å². The van der Waals surface area contributed by atoms with Gasteiger partial charge in [-0.3, -0.25) is 15.0 Å². The standard InChI is InChI=1S/C14H23N5O/c1-2-19(12-6-4-11(15)5-7-12)10-13(20)18-14-16-8-3-9-17-14/h3,8-9,11-12H,2,4-7,10,15H2,1H3,(H,16,17,18,20). The number of amides is 1. The number of carbonyl (C=O) groups is 1. The summed E-state index contributed by atoms with van der Waals surface area (Å²) in [6.07, 6.45) is 7.47. The number of nitrogens with zero attached hydrogens (tertiary/aromatic N) is 3. The molecule has 0 atom stereocenters. The van der Waals surface area contributed by atoms with Crippen LogP contribution in [0.25, 0.3) is 0 Å². The molecule has 20 heavy (non-hydrogen) atoms. The first kappa shape index (κ1) is 14.9. The molecule has 1 fully saturated rings. The van der Waals surface area contributed by atoms with Gasteiger partial charge in [0.2, 0.25) is 11.9 Å². The van der Waals surface area contributed by atoms with Gasteiger partial charge in [0.25, 0.3) is 0 Å². The first-order chi connectivity index (χ1) is 9.69. The summed E-state index contributed by atoms with van der Waals surface area (Å²) >= 11 is 0. The van der Waals surface area contributed by atoms with Gasteiger partial charge in [0.15, 0.2) is 0 Å². The zero-order chi connectivity index (χ0) is 14.4. The van der Waals surface area contributed by atoms with Crippen molar-refractivity contribution in [1.82, 2.24) is 14.9 Å². The van der Waals surface area contributed by atoms with Crippen molar-refractivity contribution in [2.45, 2.75) is 44.7 Å². The highest BCUT2D eigenvalue weighted by Crippen LogP contribution is 2.21. The molecule has 0 aliphatic heterocycles. The molecule has 1 amide bonds. The van der Waals surface area contributed by atoms with Gasteiger partial charge in [0.05, 0.1) is 6.54 Å². The molecule has 0 radical (unpaired) electrons. The minimum absolute atomic E-state index is 0.0621. The average Bonchev–Trinajstić information content (AvgIpc) is 2.47. The Hall–Kier alpha value is -1.53. The van der Waals surface area contributed by atoms with Gasteiger partial charge in [-0.25, -0.2) is 9.97 Å². The van der Waals surface area contributed by atoms with Crippen LogP contribution in [0.5, 0.6) is 0 Å². The van der Waals surface area contributed by atoms with E-state index < -0.39 is 0 Å². The minimum atomic E-state index is -0.0621.